The normalized spacial score (nSPS) is 10.1. The molecule has 0 radical (unpaired) electrons. The van der Waals surface area contributed by atoms with Crippen LogP contribution in [0.3, 0.4) is 0 Å². The van der Waals surface area contributed by atoms with Crippen molar-refractivity contribution in [2.75, 3.05) is 13.7 Å². The maximum atomic E-state index is 12.7. The highest BCUT2D eigenvalue weighted by Gasteiger charge is 1.97. The third-order valence-electron chi connectivity index (χ3n) is 2.63. The largest absolute Gasteiger partial charge is 0.497 e. The average Bonchev–Trinajstić information content (AvgIpc) is 2.42. The number of benzene rings is 2. The first kappa shape index (κ1) is 12.4. The lowest BCUT2D eigenvalue weighted by atomic mass is 10.1. The van der Waals surface area contributed by atoms with E-state index in [-0.39, 0.29) is 5.82 Å². The van der Waals surface area contributed by atoms with Crippen molar-refractivity contribution >= 4 is 0 Å². The summed E-state index contributed by atoms with van der Waals surface area (Å²) in [6, 6.07) is 13.9. The van der Waals surface area contributed by atoms with Gasteiger partial charge in [0.15, 0.2) is 0 Å². The quantitative estimate of drug-likeness (QED) is 0.804. The second kappa shape index (κ2) is 6.05. The van der Waals surface area contributed by atoms with Crippen molar-refractivity contribution in [3.05, 3.63) is 59.9 Å². The van der Waals surface area contributed by atoms with E-state index in [1.807, 2.05) is 24.3 Å². The highest BCUT2D eigenvalue weighted by molar-refractivity contribution is 5.27. The predicted molar refractivity (Wildman–Crippen MR) is 68.6 cm³/mol. The van der Waals surface area contributed by atoms with Gasteiger partial charge in [-0.1, -0.05) is 12.1 Å². The number of rotatable bonds is 5. The van der Waals surface area contributed by atoms with Gasteiger partial charge in [0.2, 0.25) is 0 Å². The Balaban J connectivity index is 1.82. The molecule has 2 aromatic carbocycles. The van der Waals surface area contributed by atoms with Gasteiger partial charge >= 0.3 is 0 Å². The molecule has 0 aliphatic rings. The summed E-state index contributed by atoms with van der Waals surface area (Å²) < 4.78 is 23.3. The zero-order valence-electron chi connectivity index (χ0n) is 10.2. The molecule has 0 unspecified atom stereocenters. The molecule has 0 N–H and O–H groups in total. The van der Waals surface area contributed by atoms with Crippen LogP contribution in [0.5, 0.6) is 11.5 Å². The summed E-state index contributed by atoms with van der Waals surface area (Å²) in [5, 5.41) is 0. The predicted octanol–water partition coefficient (Wildman–Crippen LogP) is 3.46. The Bertz CT molecular complexity index is 477. The molecule has 0 heterocycles. The van der Waals surface area contributed by atoms with Crippen molar-refractivity contribution in [1.29, 1.82) is 0 Å². The van der Waals surface area contributed by atoms with Crippen molar-refractivity contribution in [3.63, 3.8) is 0 Å². The van der Waals surface area contributed by atoms with Crippen LogP contribution < -0.4 is 9.47 Å². The average molecular weight is 246 g/mol. The Morgan fingerprint density at radius 1 is 0.889 bits per heavy atom. The number of hydrogen-bond acceptors (Lipinski definition) is 2. The van der Waals surface area contributed by atoms with E-state index >= 15 is 0 Å². The molecule has 0 fully saturated rings. The number of hydrogen-bond donors (Lipinski definition) is 0. The summed E-state index contributed by atoms with van der Waals surface area (Å²) in [6.45, 7) is 0.567. The molecule has 18 heavy (non-hydrogen) atoms. The van der Waals surface area contributed by atoms with Gasteiger partial charge in [-0.25, -0.2) is 4.39 Å². The van der Waals surface area contributed by atoms with Crippen molar-refractivity contribution < 1.29 is 13.9 Å². The van der Waals surface area contributed by atoms with Gasteiger partial charge in [0.05, 0.1) is 13.7 Å². The first-order valence-electron chi connectivity index (χ1n) is 5.79. The van der Waals surface area contributed by atoms with Gasteiger partial charge in [-0.2, -0.15) is 0 Å². The zero-order valence-corrected chi connectivity index (χ0v) is 10.2. The van der Waals surface area contributed by atoms with Gasteiger partial charge in [0, 0.05) is 6.42 Å². The van der Waals surface area contributed by atoms with Crippen LogP contribution in [0.2, 0.25) is 0 Å². The summed E-state index contributed by atoms with van der Waals surface area (Å²) in [4.78, 5) is 0. The minimum atomic E-state index is -0.252. The Hall–Kier alpha value is -2.03. The van der Waals surface area contributed by atoms with Gasteiger partial charge in [-0.05, 0) is 42.0 Å². The molecular formula is C15H15FO2. The molecule has 0 atom stereocenters. The van der Waals surface area contributed by atoms with Gasteiger partial charge < -0.3 is 9.47 Å². The molecule has 0 amide bonds. The van der Waals surface area contributed by atoms with Crippen LogP contribution in [0.25, 0.3) is 0 Å². The van der Waals surface area contributed by atoms with Crippen molar-refractivity contribution in [3.8, 4) is 11.5 Å². The van der Waals surface area contributed by atoms with E-state index in [2.05, 4.69) is 0 Å². The fourth-order valence-corrected chi connectivity index (χ4v) is 1.61. The molecular weight excluding hydrogens is 231 g/mol. The van der Waals surface area contributed by atoms with Crippen LogP contribution in [0, 0.1) is 5.82 Å². The van der Waals surface area contributed by atoms with Gasteiger partial charge in [-0.15, -0.1) is 0 Å². The maximum absolute atomic E-state index is 12.7. The van der Waals surface area contributed by atoms with Gasteiger partial charge in [0.1, 0.15) is 17.3 Å². The maximum Gasteiger partial charge on any atom is 0.123 e. The second-order valence-electron chi connectivity index (χ2n) is 3.90. The number of methoxy groups -OCH3 is 1. The van der Waals surface area contributed by atoms with Crippen LogP contribution in [0.4, 0.5) is 4.39 Å². The van der Waals surface area contributed by atoms with E-state index in [0.29, 0.717) is 12.4 Å². The molecule has 0 saturated heterocycles. The summed E-state index contributed by atoms with van der Waals surface area (Å²) in [5.74, 6) is 1.28. The van der Waals surface area contributed by atoms with Gasteiger partial charge in [-0.3, -0.25) is 0 Å². The fraction of sp³-hybridized carbons (Fsp3) is 0.200. The van der Waals surface area contributed by atoms with E-state index < -0.39 is 0 Å². The van der Waals surface area contributed by atoms with Gasteiger partial charge in [0.25, 0.3) is 0 Å². The topological polar surface area (TPSA) is 18.5 Å². The van der Waals surface area contributed by atoms with E-state index in [1.165, 1.54) is 17.7 Å². The molecule has 0 saturated carbocycles. The standard InChI is InChI=1S/C15H15FO2/c1-17-14-6-2-12(3-7-14)10-11-18-15-8-4-13(16)5-9-15/h2-9H,10-11H2,1H3. The molecule has 2 aromatic rings. The highest BCUT2D eigenvalue weighted by atomic mass is 19.1. The van der Waals surface area contributed by atoms with E-state index in [1.54, 1.807) is 19.2 Å². The van der Waals surface area contributed by atoms with Crippen LogP contribution in [-0.4, -0.2) is 13.7 Å². The first-order chi connectivity index (χ1) is 8.78. The van der Waals surface area contributed by atoms with E-state index in [4.69, 9.17) is 9.47 Å². The smallest absolute Gasteiger partial charge is 0.123 e. The zero-order chi connectivity index (χ0) is 12.8. The highest BCUT2D eigenvalue weighted by Crippen LogP contribution is 2.14. The Labute approximate surface area is 106 Å². The molecule has 0 aromatic heterocycles. The molecule has 2 nitrogen and oxygen atoms in total. The number of ether oxygens (including phenoxy) is 2. The van der Waals surface area contributed by atoms with Crippen LogP contribution in [0.15, 0.2) is 48.5 Å². The molecule has 2 rings (SSSR count). The monoisotopic (exact) mass is 246 g/mol. The Kier molecular flexibility index (Phi) is 4.18. The van der Waals surface area contributed by atoms with Crippen LogP contribution >= 0.6 is 0 Å². The number of halogens is 1. The fourth-order valence-electron chi connectivity index (χ4n) is 1.61. The third-order valence-corrected chi connectivity index (χ3v) is 2.63. The molecule has 0 aliphatic heterocycles. The lowest BCUT2D eigenvalue weighted by Crippen LogP contribution is -2.01. The summed E-state index contributed by atoms with van der Waals surface area (Å²) in [5.41, 5.74) is 1.18. The molecule has 0 aliphatic carbocycles. The lowest BCUT2D eigenvalue weighted by molar-refractivity contribution is 0.321. The van der Waals surface area contributed by atoms with E-state index in [0.717, 1.165) is 12.2 Å². The van der Waals surface area contributed by atoms with Crippen molar-refractivity contribution in [2.45, 2.75) is 6.42 Å². The molecule has 3 heteroatoms. The minimum Gasteiger partial charge on any atom is -0.497 e. The summed E-state index contributed by atoms with van der Waals surface area (Å²) in [6.07, 6.45) is 0.807. The SMILES string of the molecule is COc1ccc(CCOc2ccc(F)cc2)cc1. The Morgan fingerprint density at radius 2 is 1.50 bits per heavy atom. The van der Waals surface area contributed by atoms with Crippen LogP contribution in [-0.2, 0) is 6.42 Å². The lowest BCUT2D eigenvalue weighted by Gasteiger charge is -2.06. The molecule has 0 bridgehead atoms. The van der Waals surface area contributed by atoms with E-state index in [9.17, 15) is 4.39 Å². The molecule has 94 valence electrons. The molecule has 0 spiro atoms. The van der Waals surface area contributed by atoms with Crippen LogP contribution in [0.1, 0.15) is 5.56 Å². The summed E-state index contributed by atoms with van der Waals surface area (Å²) in [7, 11) is 1.65. The second-order valence-corrected chi connectivity index (χ2v) is 3.90. The summed E-state index contributed by atoms with van der Waals surface area (Å²) >= 11 is 0. The Morgan fingerprint density at radius 3 is 2.11 bits per heavy atom. The first-order valence-corrected chi connectivity index (χ1v) is 5.79. The van der Waals surface area contributed by atoms with Crippen molar-refractivity contribution in [1.82, 2.24) is 0 Å². The third kappa shape index (κ3) is 3.48. The minimum absolute atomic E-state index is 0.252. The van der Waals surface area contributed by atoms with Crippen molar-refractivity contribution in [2.24, 2.45) is 0 Å².